The first kappa shape index (κ1) is 11.5. The topological polar surface area (TPSA) is 42.2 Å². The first-order chi connectivity index (χ1) is 8.08. The highest BCUT2D eigenvalue weighted by Crippen LogP contribution is 2.29. The molecule has 0 radical (unpaired) electrons. The van der Waals surface area contributed by atoms with E-state index in [1.54, 1.807) is 12.4 Å². The van der Waals surface area contributed by atoms with E-state index in [1.165, 1.54) is 11.1 Å². The van der Waals surface area contributed by atoms with E-state index in [4.69, 9.17) is 5.73 Å². The van der Waals surface area contributed by atoms with Gasteiger partial charge in [-0.15, -0.1) is 0 Å². The van der Waals surface area contributed by atoms with Crippen LogP contribution in [-0.4, -0.2) is 12.0 Å². The average Bonchev–Trinajstić information content (AvgIpc) is 2.27. The number of anilines is 3. The van der Waals surface area contributed by atoms with E-state index in [0.29, 0.717) is 5.69 Å². The standard InChI is InChI=1S/C14H17N3/c1-10-6-11(2)8-12(7-10)17(3)14-4-5-16-9-13(14)15/h4-9H,15H2,1-3H3. The van der Waals surface area contributed by atoms with Gasteiger partial charge in [-0.1, -0.05) is 6.07 Å². The average molecular weight is 227 g/mol. The van der Waals surface area contributed by atoms with Crippen molar-refractivity contribution in [2.24, 2.45) is 0 Å². The van der Waals surface area contributed by atoms with Gasteiger partial charge in [0.05, 0.1) is 17.6 Å². The zero-order chi connectivity index (χ0) is 12.4. The highest BCUT2D eigenvalue weighted by Gasteiger charge is 2.07. The third-order valence-electron chi connectivity index (χ3n) is 2.78. The summed E-state index contributed by atoms with van der Waals surface area (Å²) >= 11 is 0. The number of benzene rings is 1. The second-order valence-corrected chi connectivity index (χ2v) is 4.34. The Morgan fingerprint density at radius 1 is 1.12 bits per heavy atom. The number of nitrogen functional groups attached to an aromatic ring is 1. The fourth-order valence-corrected chi connectivity index (χ4v) is 1.99. The Bertz CT molecular complexity index is 514. The van der Waals surface area contributed by atoms with Gasteiger partial charge in [0.15, 0.2) is 0 Å². The number of hydrogen-bond acceptors (Lipinski definition) is 3. The van der Waals surface area contributed by atoms with Gasteiger partial charge in [-0.05, 0) is 43.2 Å². The van der Waals surface area contributed by atoms with E-state index in [-0.39, 0.29) is 0 Å². The van der Waals surface area contributed by atoms with Crippen LogP contribution in [0, 0.1) is 13.8 Å². The molecule has 0 saturated heterocycles. The summed E-state index contributed by atoms with van der Waals surface area (Å²) < 4.78 is 0. The van der Waals surface area contributed by atoms with Crippen LogP contribution < -0.4 is 10.6 Å². The van der Waals surface area contributed by atoms with Crippen LogP contribution in [-0.2, 0) is 0 Å². The van der Waals surface area contributed by atoms with Gasteiger partial charge >= 0.3 is 0 Å². The van der Waals surface area contributed by atoms with Crippen molar-refractivity contribution >= 4 is 17.1 Å². The molecule has 0 bridgehead atoms. The maximum atomic E-state index is 5.93. The van der Waals surface area contributed by atoms with Gasteiger partial charge in [0.2, 0.25) is 0 Å². The van der Waals surface area contributed by atoms with Crippen molar-refractivity contribution in [2.75, 3.05) is 17.7 Å². The molecule has 0 fully saturated rings. The number of rotatable bonds is 2. The van der Waals surface area contributed by atoms with Crippen molar-refractivity contribution in [1.29, 1.82) is 0 Å². The molecule has 1 aromatic carbocycles. The SMILES string of the molecule is Cc1cc(C)cc(N(C)c2ccncc2N)c1. The van der Waals surface area contributed by atoms with E-state index in [1.807, 2.05) is 13.1 Å². The summed E-state index contributed by atoms with van der Waals surface area (Å²) in [6.45, 7) is 4.19. The van der Waals surface area contributed by atoms with Crippen molar-refractivity contribution in [3.63, 3.8) is 0 Å². The minimum absolute atomic E-state index is 0.689. The largest absolute Gasteiger partial charge is 0.396 e. The number of nitrogens with zero attached hydrogens (tertiary/aromatic N) is 2. The summed E-state index contributed by atoms with van der Waals surface area (Å²) in [5.41, 5.74) is 11.2. The molecule has 1 heterocycles. The third-order valence-corrected chi connectivity index (χ3v) is 2.78. The summed E-state index contributed by atoms with van der Waals surface area (Å²) in [5, 5.41) is 0. The monoisotopic (exact) mass is 227 g/mol. The predicted octanol–water partition coefficient (Wildman–Crippen LogP) is 3.05. The van der Waals surface area contributed by atoms with E-state index >= 15 is 0 Å². The molecule has 0 aliphatic heterocycles. The lowest BCUT2D eigenvalue weighted by atomic mass is 10.1. The van der Waals surface area contributed by atoms with Gasteiger partial charge in [0.1, 0.15) is 0 Å². The number of pyridine rings is 1. The molecule has 0 atom stereocenters. The summed E-state index contributed by atoms with van der Waals surface area (Å²) in [6, 6.07) is 8.37. The van der Waals surface area contributed by atoms with Crippen LogP contribution >= 0.6 is 0 Å². The molecule has 2 aromatic rings. The van der Waals surface area contributed by atoms with Gasteiger partial charge in [0, 0.05) is 18.9 Å². The van der Waals surface area contributed by atoms with Crippen molar-refractivity contribution in [3.8, 4) is 0 Å². The lowest BCUT2D eigenvalue weighted by molar-refractivity contribution is 1.18. The van der Waals surface area contributed by atoms with Gasteiger partial charge in [-0.3, -0.25) is 4.98 Å². The molecule has 0 amide bonds. The molecule has 0 saturated carbocycles. The minimum atomic E-state index is 0.689. The summed E-state index contributed by atoms with van der Waals surface area (Å²) in [4.78, 5) is 6.08. The fraction of sp³-hybridized carbons (Fsp3) is 0.214. The molecule has 1 aromatic heterocycles. The van der Waals surface area contributed by atoms with Crippen LogP contribution in [0.5, 0.6) is 0 Å². The number of aromatic nitrogens is 1. The van der Waals surface area contributed by atoms with Gasteiger partial charge < -0.3 is 10.6 Å². The summed E-state index contributed by atoms with van der Waals surface area (Å²) in [6.07, 6.45) is 3.43. The Morgan fingerprint density at radius 2 is 1.76 bits per heavy atom. The number of aryl methyl sites for hydroxylation is 2. The van der Waals surface area contributed by atoms with Crippen LogP contribution in [0.25, 0.3) is 0 Å². The molecular formula is C14H17N3. The smallest absolute Gasteiger partial charge is 0.0741 e. The maximum Gasteiger partial charge on any atom is 0.0741 e. The quantitative estimate of drug-likeness (QED) is 0.857. The lowest BCUT2D eigenvalue weighted by Crippen LogP contribution is -2.12. The van der Waals surface area contributed by atoms with Gasteiger partial charge in [-0.25, -0.2) is 0 Å². The van der Waals surface area contributed by atoms with Crippen molar-refractivity contribution < 1.29 is 0 Å². The van der Waals surface area contributed by atoms with Gasteiger partial charge in [-0.2, -0.15) is 0 Å². The van der Waals surface area contributed by atoms with E-state index in [2.05, 4.69) is 41.9 Å². The third kappa shape index (κ3) is 2.38. The Labute approximate surface area is 102 Å². The molecule has 3 heteroatoms. The molecule has 2 N–H and O–H groups in total. The van der Waals surface area contributed by atoms with E-state index < -0.39 is 0 Å². The second-order valence-electron chi connectivity index (χ2n) is 4.34. The second kappa shape index (κ2) is 4.45. The Kier molecular flexibility index (Phi) is 3.00. The molecule has 3 nitrogen and oxygen atoms in total. The highest BCUT2D eigenvalue weighted by atomic mass is 15.1. The van der Waals surface area contributed by atoms with Crippen molar-refractivity contribution in [1.82, 2.24) is 4.98 Å². The summed E-state index contributed by atoms with van der Waals surface area (Å²) in [5.74, 6) is 0. The lowest BCUT2D eigenvalue weighted by Gasteiger charge is -2.21. The fourth-order valence-electron chi connectivity index (χ4n) is 1.99. The Balaban J connectivity index is 2.43. The number of nitrogens with two attached hydrogens (primary N) is 1. The molecule has 2 rings (SSSR count). The number of hydrogen-bond donors (Lipinski definition) is 1. The summed E-state index contributed by atoms with van der Waals surface area (Å²) in [7, 11) is 2.01. The molecule has 17 heavy (non-hydrogen) atoms. The molecule has 0 aliphatic rings. The molecule has 0 unspecified atom stereocenters. The van der Waals surface area contributed by atoms with Gasteiger partial charge in [0.25, 0.3) is 0 Å². The van der Waals surface area contributed by atoms with E-state index in [0.717, 1.165) is 11.4 Å². The first-order valence-corrected chi connectivity index (χ1v) is 5.59. The van der Waals surface area contributed by atoms with Crippen LogP contribution in [0.4, 0.5) is 17.1 Å². The maximum absolute atomic E-state index is 5.93. The zero-order valence-electron chi connectivity index (χ0n) is 10.4. The predicted molar refractivity (Wildman–Crippen MR) is 72.6 cm³/mol. The normalized spacial score (nSPS) is 10.3. The van der Waals surface area contributed by atoms with Crippen LogP contribution in [0.1, 0.15) is 11.1 Å². The molecule has 88 valence electrons. The van der Waals surface area contributed by atoms with Crippen molar-refractivity contribution in [3.05, 3.63) is 47.8 Å². The Hall–Kier alpha value is -2.03. The van der Waals surface area contributed by atoms with Crippen LogP contribution in [0.3, 0.4) is 0 Å². The van der Waals surface area contributed by atoms with Crippen LogP contribution in [0.2, 0.25) is 0 Å². The highest BCUT2D eigenvalue weighted by molar-refractivity contribution is 5.73. The van der Waals surface area contributed by atoms with E-state index in [9.17, 15) is 0 Å². The molecular weight excluding hydrogens is 210 g/mol. The van der Waals surface area contributed by atoms with Crippen LogP contribution in [0.15, 0.2) is 36.7 Å². The molecule has 0 spiro atoms. The minimum Gasteiger partial charge on any atom is -0.396 e. The Morgan fingerprint density at radius 3 is 2.35 bits per heavy atom. The first-order valence-electron chi connectivity index (χ1n) is 5.59. The zero-order valence-corrected chi connectivity index (χ0v) is 10.4. The van der Waals surface area contributed by atoms with Crippen molar-refractivity contribution in [2.45, 2.75) is 13.8 Å². The molecule has 0 aliphatic carbocycles.